The molecule has 0 unspecified atom stereocenters. The van der Waals surface area contributed by atoms with Gasteiger partial charge in [-0.2, -0.15) is 0 Å². The molecule has 52 valence electrons. The highest BCUT2D eigenvalue weighted by Crippen LogP contribution is 2.18. The third kappa shape index (κ3) is 0.894. The fourth-order valence-electron chi connectivity index (χ4n) is 0.871. The molecule has 0 N–H and O–H groups in total. The fraction of sp³-hybridized carbons (Fsp3) is 0.667. The van der Waals surface area contributed by atoms with E-state index in [9.17, 15) is 8.42 Å². The van der Waals surface area contributed by atoms with Crippen molar-refractivity contribution in [2.75, 3.05) is 0 Å². The highest BCUT2D eigenvalue weighted by atomic mass is 32.2. The van der Waals surface area contributed by atoms with Crippen molar-refractivity contribution in [1.29, 1.82) is 0 Å². The zero-order valence-electron chi connectivity index (χ0n) is 5.53. The van der Waals surface area contributed by atoms with Crippen LogP contribution in [0, 0.1) is 0 Å². The molecular weight excluding hydrogens is 136 g/mol. The summed E-state index contributed by atoms with van der Waals surface area (Å²) in [5, 5.41) is -0.542. The van der Waals surface area contributed by atoms with E-state index in [1.54, 1.807) is 26.0 Å². The predicted molar refractivity (Wildman–Crippen MR) is 37.0 cm³/mol. The van der Waals surface area contributed by atoms with Gasteiger partial charge in [-0.3, -0.25) is 0 Å². The minimum absolute atomic E-state index is 0.271. The van der Waals surface area contributed by atoms with Gasteiger partial charge in [-0.1, -0.05) is 12.2 Å². The summed E-state index contributed by atoms with van der Waals surface area (Å²) >= 11 is 0. The molecule has 0 spiro atoms. The SMILES string of the molecule is C[C@@H]1C=C[C@@H](C)S1(=O)=O. The van der Waals surface area contributed by atoms with E-state index >= 15 is 0 Å². The first-order valence-corrected chi connectivity index (χ1v) is 4.57. The lowest BCUT2D eigenvalue weighted by atomic mass is 10.4. The molecule has 3 heteroatoms. The van der Waals surface area contributed by atoms with Gasteiger partial charge in [-0.25, -0.2) is 8.42 Å². The highest BCUT2D eigenvalue weighted by molar-refractivity contribution is 7.93. The van der Waals surface area contributed by atoms with Crippen LogP contribution >= 0.6 is 0 Å². The van der Waals surface area contributed by atoms with Crippen LogP contribution in [0.2, 0.25) is 0 Å². The second-order valence-corrected chi connectivity index (χ2v) is 5.05. The van der Waals surface area contributed by atoms with Crippen LogP contribution in [0.15, 0.2) is 12.2 Å². The van der Waals surface area contributed by atoms with Crippen molar-refractivity contribution in [1.82, 2.24) is 0 Å². The van der Waals surface area contributed by atoms with Crippen molar-refractivity contribution in [3.63, 3.8) is 0 Å². The van der Waals surface area contributed by atoms with Crippen LogP contribution in [-0.4, -0.2) is 18.9 Å². The van der Waals surface area contributed by atoms with E-state index in [-0.39, 0.29) is 10.5 Å². The molecule has 1 rings (SSSR count). The summed E-state index contributed by atoms with van der Waals surface area (Å²) in [5.41, 5.74) is 0. The maximum Gasteiger partial charge on any atom is 0.162 e. The molecule has 1 aliphatic heterocycles. The molecule has 0 saturated carbocycles. The molecule has 0 aromatic heterocycles. The molecule has 0 aliphatic carbocycles. The molecule has 0 aromatic rings. The molecule has 1 aliphatic rings. The summed E-state index contributed by atoms with van der Waals surface area (Å²) in [6, 6.07) is 0. The predicted octanol–water partition coefficient (Wildman–Crippen LogP) is 0.748. The minimum Gasteiger partial charge on any atom is -0.228 e. The maximum absolute atomic E-state index is 11.0. The van der Waals surface area contributed by atoms with Crippen molar-refractivity contribution in [2.24, 2.45) is 0 Å². The summed E-state index contributed by atoms with van der Waals surface area (Å²) < 4.78 is 22.1. The lowest BCUT2D eigenvalue weighted by Gasteiger charge is -2.03. The molecule has 0 radical (unpaired) electrons. The second kappa shape index (κ2) is 1.84. The Hall–Kier alpha value is -0.310. The zero-order chi connectivity index (χ0) is 7.07. The van der Waals surface area contributed by atoms with E-state index in [1.165, 1.54) is 0 Å². The molecule has 0 saturated heterocycles. The van der Waals surface area contributed by atoms with E-state index in [0.29, 0.717) is 0 Å². The zero-order valence-corrected chi connectivity index (χ0v) is 6.35. The molecule has 2 nitrogen and oxygen atoms in total. The Morgan fingerprint density at radius 2 is 1.44 bits per heavy atom. The molecule has 0 amide bonds. The highest BCUT2D eigenvalue weighted by Gasteiger charge is 2.28. The van der Waals surface area contributed by atoms with E-state index in [2.05, 4.69) is 0 Å². The molecule has 1 heterocycles. The molecule has 9 heavy (non-hydrogen) atoms. The number of rotatable bonds is 0. The Bertz CT molecular complexity index is 207. The molecule has 2 atom stereocenters. The Labute approximate surface area is 55.5 Å². The standard InChI is InChI=1S/C6H10O2S/c1-5-3-4-6(2)9(5,7)8/h3-6H,1-2H3/t5-,6-/m1/s1. The molecule has 0 bridgehead atoms. The topological polar surface area (TPSA) is 34.1 Å². The van der Waals surface area contributed by atoms with Crippen LogP contribution in [0.4, 0.5) is 0 Å². The smallest absolute Gasteiger partial charge is 0.162 e. The number of hydrogen-bond acceptors (Lipinski definition) is 2. The third-order valence-corrected chi connectivity index (χ3v) is 4.08. The quantitative estimate of drug-likeness (QED) is 0.472. The van der Waals surface area contributed by atoms with Gasteiger partial charge in [0.15, 0.2) is 9.84 Å². The van der Waals surface area contributed by atoms with Gasteiger partial charge < -0.3 is 0 Å². The first kappa shape index (κ1) is 6.81. The molecule has 0 aromatic carbocycles. The van der Waals surface area contributed by atoms with Crippen LogP contribution in [0.25, 0.3) is 0 Å². The van der Waals surface area contributed by atoms with Crippen LogP contribution in [0.5, 0.6) is 0 Å². The van der Waals surface area contributed by atoms with Crippen LogP contribution in [-0.2, 0) is 9.84 Å². The van der Waals surface area contributed by atoms with Gasteiger partial charge in [-0.05, 0) is 13.8 Å². The first-order chi connectivity index (χ1) is 4.05. The summed E-state index contributed by atoms with van der Waals surface area (Å²) in [7, 11) is -2.81. The van der Waals surface area contributed by atoms with Crippen molar-refractivity contribution in [3.8, 4) is 0 Å². The van der Waals surface area contributed by atoms with Gasteiger partial charge in [0, 0.05) is 0 Å². The van der Waals surface area contributed by atoms with E-state index in [4.69, 9.17) is 0 Å². The monoisotopic (exact) mass is 146 g/mol. The number of hydrogen-bond donors (Lipinski definition) is 0. The lowest BCUT2D eigenvalue weighted by molar-refractivity contribution is 0.590. The van der Waals surface area contributed by atoms with E-state index in [1.807, 2.05) is 0 Å². The van der Waals surface area contributed by atoms with Gasteiger partial charge in [-0.15, -0.1) is 0 Å². The first-order valence-electron chi connectivity index (χ1n) is 2.96. The van der Waals surface area contributed by atoms with Crippen LogP contribution < -0.4 is 0 Å². The minimum atomic E-state index is -2.81. The normalized spacial score (nSPS) is 39.3. The average molecular weight is 146 g/mol. The van der Waals surface area contributed by atoms with Crippen molar-refractivity contribution < 1.29 is 8.42 Å². The summed E-state index contributed by atoms with van der Waals surface area (Å²) in [6.45, 7) is 3.41. The Morgan fingerprint density at radius 3 is 1.56 bits per heavy atom. The summed E-state index contributed by atoms with van der Waals surface area (Å²) in [5.74, 6) is 0. The van der Waals surface area contributed by atoms with Crippen molar-refractivity contribution in [3.05, 3.63) is 12.2 Å². The Balaban J connectivity index is 3.04. The van der Waals surface area contributed by atoms with Crippen LogP contribution in [0.3, 0.4) is 0 Å². The van der Waals surface area contributed by atoms with Crippen molar-refractivity contribution >= 4 is 9.84 Å². The van der Waals surface area contributed by atoms with E-state index < -0.39 is 9.84 Å². The fourth-order valence-corrected chi connectivity index (χ4v) is 2.17. The van der Waals surface area contributed by atoms with Gasteiger partial charge in [0.2, 0.25) is 0 Å². The lowest BCUT2D eigenvalue weighted by Crippen LogP contribution is -2.18. The second-order valence-electron chi connectivity index (χ2n) is 2.38. The van der Waals surface area contributed by atoms with Gasteiger partial charge >= 0.3 is 0 Å². The largest absolute Gasteiger partial charge is 0.228 e. The third-order valence-electron chi connectivity index (χ3n) is 1.69. The summed E-state index contributed by atoms with van der Waals surface area (Å²) in [6.07, 6.45) is 3.47. The Kier molecular flexibility index (Phi) is 1.39. The van der Waals surface area contributed by atoms with Gasteiger partial charge in [0.05, 0.1) is 10.5 Å². The maximum atomic E-state index is 11.0. The van der Waals surface area contributed by atoms with Gasteiger partial charge in [0.1, 0.15) is 0 Å². The Morgan fingerprint density at radius 1 is 1.11 bits per heavy atom. The van der Waals surface area contributed by atoms with Gasteiger partial charge in [0.25, 0.3) is 0 Å². The van der Waals surface area contributed by atoms with E-state index in [0.717, 1.165) is 0 Å². The van der Waals surface area contributed by atoms with Crippen molar-refractivity contribution in [2.45, 2.75) is 24.3 Å². The van der Waals surface area contributed by atoms with Crippen LogP contribution in [0.1, 0.15) is 13.8 Å². The molecular formula is C6H10O2S. The number of sulfone groups is 1. The molecule has 0 fully saturated rings. The average Bonchev–Trinajstić information content (AvgIpc) is 1.96. The summed E-state index contributed by atoms with van der Waals surface area (Å²) in [4.78, 5) is 0.